The summed E-state index contributed by atoms with van der Waals surface area (Å²) in [6, 6.07) is 20.7. The van der Waals surface area contributed by atoms with Crippen LogP contribution in [0.2, 0.25) is 0 Å². The zero-order valence-electron chi connectivity index (χ0n) is 17.0. The Bertz CT molecular complexity index is 1280. The van der Waals surface area contributed by atoms with Crippen LogP contribution in [0.15, 0.2) is 77.2 Å². The van der Waals surface area contributed by atoms with Crippen LogP contribution in [0.1, 0.15) is 12.0 Å². The van der Waals surface area contributed by atoms with Crippen molar-refractivity contribution in [3.05, 3.63) is 78.4 Å². The summed E-state index contributed by atoms with van der Waals surface area (Å²) in [5.74, 6) is -1.34. The van der Waals surface area contributed by atoms with Gasteiger partial charge >= 0.3 is 6.09 Å². The van der Waals surface area contributed by atoms with Gasteiger partial charge in [-0.3, -0.25) is 9.59 Å². The largest absolute Gasteiger partial charge is 0.456 e. The minimum atomic E-state index is -1.19. The fourth-order valence-electron chi connectivity index (χ4n) is 3.35. The van der Waals surface area contributed by atoms with E-state index in [2.05, 4.69) is 10.6 Å². The Hall–Kier alpha value is -4.33. The second-order valence-corrected chi connectivity index (χ2v) is 7.23. The lowest BCUT2D eigenvalue weighted by atomic mass is 10.1. The molecule has 4 aromatic rings. The summed E-state index contributed by atoms with van der Waals surface area (Å²) < 4.78 is 11.0. The molecule has 0 saturated carbocycles. The van der Waals surface area contributed by atoms with Gasteiger partial charge in [0.15, 0.2) is 0 Å². The lowest BCUT2D eigenvalue weighted by Crippen LogP contribution is -2.46. The monoisotopic (exact) mass is 431 g/mol. The van der Waals surface area contributed by atoms with Gasteiger partial charge in [0.2, 0.25) is 11.8 Å². The molecule has 3 amide bonds. The van der Waals surface area contributed by atoms with E-state index in [4.69, 9.17) is 14.9 Å². The summed E-state index contributed by atoms with van der Waals surface area (Å²) >= 11 is 0. The predicted molar refractivity (Wildman–Crippen MR) is 120 cm³/mol. The standard InChI is InChI=1S/C24H21N3O5/c25-22(28)13-19(27-24(30)31-14-15-6-2-1-3-7-15)23(29)26-16-10-11-18-17-8-4-5-9-20(17)32-21(18)12-16/h1-12,19H,13-14H2,(H2,25,28)(H,26,29)(H,27,30)/t19-/m0/s1. The van der Waals surface area contributed by atoms with Crippen LogP contribution in [0.3, 0.4) is 0 Å². The second-order valence-electron chi connectivity index (χ2n) is 7.23. The number of carbonyl (C=O) groups excluding carboxylic acids is 3. The highest BCUT2D eigenvalue weighted by Crippen LogP contribution is 2.30. The number of hydrogen-bond acceptors (Lipinski definition) is 5. The minimum Gasteiger partial charge on any atom is -0.456 e. The predicted octanol–water partition coefficient (Wildman–Crippen LogP) is 3.69. The molecule has 0 aliphatic carbocycles. The van der Waals surface area contributed by atoms with Crippen molar-refractivity contribution >= 4 is 45.5 Å². The molecule has 3 aromatic carbocycles. The van der Waals surface area contributed by atoms with Crippen LogP contribution in [0.5, 0.6) is 0 Å². The highest BCUT2D eigenvalue weighted by molar-refractivity contribution is 6.07. The van der Waals surface area contributed by atoms with Crippen LogP contribution in [0.4, 0.5) is 10.5 Å². The molecular weight excluding hydrogens is 410 g/mol. The number of amides is 3. The van der Waals surface area contributed by atoms with E-state index in [1.807, 2.05) is 48.5 Å². The second kappa shape index (κ2) is 9.22. The normalized spacial score (nSPS) is 11.8. The van der Waals surface area contributed by atoms with E-state index in [1.165, 1.54) is 0 Å². The van der Waals surface area contributed by atoms with Gasteiger partial charge in [-0.2, -0.15) is 0 Å². The summed E-state index contributed by atoms with van der Waals surface area (Å²) in [7, 11) is 0. The molecule has 4 N–H and O–H groups in total. The topological polar surface area (TPSA) is 124 Å². The maximum Gasteiger partial charge on any atom is 0.408 e. The highest BCUT2D eigenvalue weighted by Gasteiger charge is 2.24. The van der Waals surface area contributed by atoms with Crippen molar-refractivity contribution in [1.29, 1.82) is 0 Å². The van der Waals surface area contributed by atoms with Gasteiger partial charge in [0.25, 0.3) is 0 Å². The molecule has 0 aliphatic rings. The molecule has 8 nitrogen and oxygen atoms in total. The summed E-state index contributed by atoms with van der Waals surface area (Å²) in [5.41, 5.74) is 7.84. The number of ether oxygens (including phenoxy) is 1. The number of anilines is 1. The molecule has 0 radical (unpaired) electrons. The number of hydrogen-bond donors (Lipinski definition) is 3. The smallest absolute Gasteiger partial charge is 0.408 e. The molecule has 8 heteroatoms. The first-order chi connectivity index (χ1) is 15.5. The molecule has 1 aromatic heterocycles. The molecule has 0 bridgehead atoms. The van der Waals surface area contributed by atoms with Crippen LogP contribution in [-0.2, 0) is 20.9 Å². The zero-order chi connectivity index (χ0) is 22.5. The summed E-state index contributed by atoms with van der Waals surface area (Å²) in [6.45, 7) is 0.0281. The lowest BCUT2D eigenvalue weighted by Gasteiger charge is -2.17. The first kappa shape index (κ1) is 20.9. The molecule has 162 valence electrons. The fourth-order valence-corrected chi connectivity index (χ4v) is 3.35. The van der Waals surface area contributed by atoms with Crippen molar-refractivity contribution in [3.63, 3.8) is 0 Å². The Morgan fingerprint density at radius 1 is 0.906 bits per heavy atom. The van der Waals surface area contributed by atoms with E-state index in [9.17, 15) is 14.4 Å². The molecular formula is C24H21N3O5. The number of furan rings is 1. The first-order valence-electron chi connectivity index (χ1n) is 9.97. The van der Waals surface area contributed by atoms with Crippen molar-refractivity contribution in [2.75, 3.05) is 5.32 Å². The molecule has 0 fully saturated rings. The molecule has 0 saturated heterocycles. The average molecular weight is 431 g/mol. The third-order valence-electron chi connectivity index (χ3n) is 4.87. The Labute approximate surface area is 183 Å². The quantitative estimate of drug-likeness (QED) is 0.412. The lowest BCUT2D eigenvalue weighted by molar-refractivity contribution is -0.123. The number of rotatable bonds is 7. The van der Waals surface area contributed by atoms with Crippen molar-refractivity contribution in [3.8, 4) is 0 Å². The molecule has 4 rings (SSSR count). The van der Waals surface area contributed by atoms with Crippen LogP contribution >= 0.6 is 0 Å². The minimum absolute atomic E-state index is 0.0281. The SMILES string of the molecule is NC(=O)C[C@H](NC(=O)OCc1ccccc1)C(=O)Nc1ccc2c(c1)oc1ccccc12. The number of nitrogens with two attached hydrogens (primary N) is 1. The van der Waals surface area contributed by atoms with Crippen LogP contribution in [0, 0.1) is 0 Å². The maximum atomic E-state index is 12.7. The van der Waals surface area contributed by atoms with E-state index >= 15 is 0 Å². The molecule has 0 aliphatic heterocycles. The van der Waals surface area contributed by atoms with E-state index < -0.39 is 23.9 Å². The van der Waals surface area contributed by atoms with Gasteiger partial charge in [-0.05, 0) is 23.8 Å². The number of nitrogens with one attached hydrogen (secondary N) is 2. The molecule has 1 atom stereocenters. The van der Waals surface area contributed by atoms with Gasteiger partial charge in [-0.15, -0.1) is 0 Å². The van der Waals surface area contributed by atoms with Gasteiger partial charge in [0.05, 0.1) is 6.42 Å². The number of fused-ring (bicyclic) bond motifs is 3. The number of para-hydroxylation sites is 1. The molecule has 1 heterocycles. The van der Waals surface area contributed by atoms with E-state index in [1.54, 1.807) is 24.3 Å². The Morgan fingerprint density at radius 3 is 2.41 bits per heavy atom. The van der Waals surface area contributed by atoms with Crippen LogP contribution in [0.25, 0.3) is 21.9 Å². The van der Waals surface area contributed by atoms with E-state index in [0.717, 1.165) is 21.9 Å². The average Bonchev–Trinajstić information content (AvgIpc) is 3.15. The van der Waals surface area contributed by atoms with Crippen LogP contribution < -0.4 is 16.4 Å². The first-order valence-corrected chi connectivity index (χ1v) is 9.97. The third kappa shape index (κ3) is 4.86. The summed E-state index contributed by atoms with van der Waals surface area (Å²) in [5, 5.41) is 6.97. The van der Waals surface area contributed by atoms with Gasteiger partial charge in [-0.25, -0.2) is 4.79 Å². The number of alkyl carbamates (subject to hydrolysis) is 1. The van der Waals surface area contributed by atoms with E-state index in [-0.39, 0.29) is 13.0 Å². The third-order valence-corrected chi connectivity index (χ3v) is 4.87. The van der Waals surface area contributed by atoms with Gasteiger partial charge in [-0.1, -0.05) is 48.5 Å². The van der Waals surface area contributed by atoms with Crippen LogP contribution in [-0.4, -0.2) is 23.9 Å². The summed E-state index contributed by atoms with van der Waals surface area (Å²) in [4.78, 5) is 36.3. The van der Waals surface area contributed by atoms with Crippen molar-refractivity contribution in [2.24, 2.45) is 5.73 Å². The van der Waals surface area contributed by atoms with Gasteiger partial charge in [0.1, 0.15) is 23.8 Å². The maximum absolute atomic E-state index is 12.7. The molecule has 32 heavy (non-hydrogen) atoms. The Morgan fingerprint density at radius 2 is 1.62 bits per heavy atom. The van der Waals surface area contributed by atoms with E-state index in [0.29, 0.717) is 11.3 Å². The Balaban J connectivity index is 1.44. The number of primary amides is 1. The zero-order valence-corrected chi connectivity index (χ0v) is 17.0. The van der Waals surface area contributed by atoms with Crippen molar-refractivity contribution in [1.82, 2.24) is 5.32 Å². The van der Waals surface area contributed by atoms with Gasteiger partial charge < -0.3 is 25.5 Å². The summed E-state index contributed by atoms with van der Waals surface area (Å²) in [6.07, 6.45) is -1.21. The van der Waals surface area contributed by atoms with Gasteiger partial charge in [0, 0.05) is 22.5 Å². The number of benzene rings is 3. The fraction of sp³-hybridized carbons (Fsp3) is 0.125. The molecule has 0 unspecified atom stereocenters. The highest BCUT2D eigenvalue weighted by atomic mass is 16.5. The number of carbonyl (C=O) groups is 3. The van der Waals surface area contributed by atoms with Crippen molar-refractivity contribution in [2.45, 2.75) is 19.1 Å². The van der Waals surface area contributed by atoms with Crippen molar-refractivity contribution < 1.29 is 23.5 Å². The molecule has 0 spiro atoms. The Kier molecular flexibility index (Phi) is 6.03.